The van der Waals surface area contributed by atoms with Gasteiger partial charge < -0.3 is 10.2 Å². The molecule has 2 heterocycles. The molecule has 0 fully saturated rings. The molecule has 2 N–H and O–H groups in total. The van der Waals surface area contributed by atoms with E-state index in [-0.39, 0.29) is 12.6 Å². The quantitative estimate of drug-likeness (QED) is 0.753. The Kier molecular flexibility index (Phi) is 2.64. The molecule has 0 amide bonds. The molecule has 90 valence electrons. The molecule has 2 rings (SSSR count). The summed E-state index contributed by atoms with van der Waals surface area (Å²) in [5.74, 6) is 0.683. The molecule has 0 unspecified atom stereocenters. The van der Waals surface area contributed by atoms with Crippen molar-refractivity contribution in [2.24, 2.45) is 0 Å². The average Bonchev–Trinajstić information content (AvgIpc) is 2.56. The highest BCUT2D eigenvalue weighted by molar-refractivity contribution is 7.86. The highest BCUT2D eigenvalue weighted by Crippen LogP contribution is 2.23. The van der Waals surface area contributed by atoms with E-state index in [2.05, 4.69) is 4.98 Å². The number of hydrogen-bond acceptors (Lipinski definition) is 5. The lowest BCUT2D eigenvalue weighted by Gasteiger charge is -2.27. The minimum atomic E-state index is -3.39. The van der Waals surface area contributed by atoms with Gasteiger partial charge in [-0.2, -0.15) is 22.0 Å². The maximum Gasteiger partial charge on any atom is 0.292 e. The fourth-order valence-corrected chi connectivity index (χ4v) is 2.69. The second kappa shape index (κ2) is 3.72. The van der Waals surface area contributed by atoms with Gasteiger partial charge in [0.15, 0.2) is 0 Å². The molecule has 0 atom stereocenters. The van der Waals surface area contributed by atoms with E-state index in [1.165, 1.54) is 22.7 Å². The van der Waals surface area contributed by atoms with Crippen molar-refractivity contribution in [2.45, 2.75) is 13.0 Å². The molecule has 1 aromatic heterocycles. The van der Waals surface area contributed by atoms with E-state index in [9.17, 15) is 8.42 Å². The van der Waals surface area contributed by atoms with E-state index < -0.39 is 10.2 Å². The van der Waals surface area contributed by atoms with Crippen LogP contribution in [0.15, 0.2) is 4.42 Å². The fourth-order valence-electron chi connectivity index (χ4n) is 1.62. The number of anilines is 1. The first-order chi connectivity index (χ1) is 7.41. The third kappa shape index (κ3) is 1.79. The SMILES string of the molecule is CN(C)S(=O)(=O)N1CCc2oc(N)nc2C1. The summed E-state index contributed by atoms with van der Waals surface area (Å²) in [5, 5.41) is 0. The molecule has 0 radical (unpaired) electrons. The smallest absolute Gasteiger partial charge is 0.292 e. The van der Waals surface area contributed by atoms with Crippen LogP contribution in [0, 0.1) is 0 Å². The first-order valence-corrected chi connectivity index (χ1v) is 6.22. The molecular formula is C8H14N4O3S. The number of oxazole rings is 1. The zero-order valence-corrected chi connectivity index (χ0v) is 9.99. The van der Waals surface area contributed by atoms with E-state index in [1.54, 1.807) is 0 Å². The molecular weight excluding hydrogens is 232 g/mol. The Balaban J connectivity index is 2.26. The number of nitrogens with zero attached hydrogens (tertiary/aromatic N) is 3. The van der Waals surface area contributed by atoms with Gasteiger partial charge in [0.05, 0.1) is 12.2 Å². The molecule has 0 saturated heterocycles. The van der Waals surface area contributed by atoms with Crippen molar-refractivity contribution in [3.8, 4) is 0 Å². The lowest BCUT2D eigenvalue weighted by atomic mass is 10.2. The van der Waals surface area contributed by atoms with Gasteiger partial charge in [-0.15, -0.1) is 0 Å². The van der Waals surface area contributed by atoms with Crippen LogP contribution in [0.5, 0.6) is 0 Å². The Hall–Kier alpha value is -1.12. The maximum absolute atomic E-state index is 11.9. The molecule has 1 aromatic rings. The minimum absolute atomic E-state index is 0.0918. The predicted octanol–water partition coefficient (Wildman–Crippen LogP) is -0.579. The summed E-state index contributed by atoms with van der Waals surface area (Å²) in [6.45, 7) is 0.610. The Morgan fingerprint density at radius 2 is 2.19 bits per heavy atom. The topological polar surface area (TPSA) is 92.7 Å². The van der Waals surface area contributed by atoms with Crippen molar-refractivity contribution >= 4 is 16.2 Å². The predicted molar refractivity (Wildman–Crippen MR) is 57.6 cm³/mol. The van der Waals surface area contributed by atoms with Gasteiger partial charge in [0, 0.05) is 27.1 Å². The molecule has 0 aliphatic carbocycles. The van der Waals surface area contributed by atoms with Crippen LogP contribution in [0.1, 0.15) is 11.5 Å². The molecule has 16 heavy (non-hydrogen) atoms. The minimum Gasteiger partial charge on any atom is -0.429 e. The Morgan fingerprint density at radius 3 is 2.81 bits per heavy atom. The van der Waals surface area contributed by atoms with Gasteiger partial charge in [-0.1, -0.05) is 0 Å². The van der Waals surface area contributed by atoms with Crippen LogP contribution >= 0.6 is 0 Å². The van der Waals surface area contributed by atoms with Gasteiger partial charge in [0.1, 0.15) is 5.76 Å². The summed E-state index contributed by atoms with van der Waals surface area (Å²) in [6, 6.07) is 0.0918. The standard InChI is InChI=1S/C8H14N4O3S/c1-11(2)16(13,14)12-4-3-7-6(5-12)10-8(9)15-7/h3-5H2,1-2H3,(H2,9,10). The Labute approximate surface area is 94.0 Å². The second-order valence-electron chi connectivity index (χ2n) is 3.80. The van der Waals surface area contributed by atoms with Crippen molar-refractivity contribution in [3.05, 3.63) is 11.5 Å². The summed E-state index contributed by atoms with van der Waals surface area (Å²) in [7, 11) is -0.385. The number of rotatable bonds is 2. The number of fused-ring (bicyclic) bond motifs is 1. The van der Waals surface area contributed by atoms with Gasteiger partial charge in [-0.25, -0.2) is 0 Å². The molecule has 1 aliphatic heterocycles. The molecule has 8 heteroatoms. The lowest BCUT2D eigenvalue weighted by Crippen LogP contribution is -2.42. The third-order valence-electron chi connectivity index (χ3n) is 2.50. The number of nitrogen functional groups attached to an aromatic ring is 1. The normalized spacial score (nSPS) is 17.7. The molecule has 0 spiro atoms. The first-order valence-electron chi connectivity index (χ1n) is 4.83. The van der Waals surface area contributed by atoms with Crippen molar-refractivity contribution < 1.29 is 12.8 Å². The van der Waals surface area contributed by atoms with Crippen LogP contribution < -0.4 is 5.73 Å². The van der Waals surface area contributed by atoms with Crippen molar-refractivity contribution in [2.75, 3.05) is 26.4 Å². The maximum atomic E-state index is 11.9. The van der Waals surface area contributed by atoms with Crippen molar-refractivity contribution in [3.63, 3.8) is 0 Å². The van der Waals surface area contributed by atoms with E-state index >= 15 is 0 Å². The van der Waals surface area contributed by atoms with E-state index in [4.69, 9.17) is 10.2 Å². The van der Waals surface area contributed by atoms with Crippen molar-refractivity contribution in [1.29, 1.82) is 0 Å². The highest BCUT2D eigenvalue weighted by atomic mass is 32.2. The molecule has 0 bridgehead atoms. The summed E-state index contributed by atoms with van der Waals surface area (Å²) in [6.07, 6.45) is 0.507. The fraction of sp³-hybridized carbons (Fsp3) is 0.625. The van der Waals surface area contributed by atoms with Gasteiger partial charge in [0.25, 0.3) is 16.2 Å². The van der Waals surface area contributed by atoms with Gasteiger partial charge in [-0.05, 0) is 0 Å². The van der Waals surface area contributed by atoms with Gasteiger partial charge >= 0.3 is 0 Å². The average molecular weight is 246 g/mol. The number of nitrogens with two attached hydrogens (primary N) is 1. The van der Waals surface area contributed by atoms with Crippen LogP contribution in [0.4, 0.5) is 6.01 Å². The molecule has 0 saturated carbocycles. The monoisotopic (exact) mass is 246 g/mol. The van der Waals surface area contributed by atoms with Crippen molar-refractivity contribution in [1.82, 2.24) is 13.6 Å². The van der Waals surface area contributed by atoms with Crippen LogP contribution in [0.25, 0.3) is 0 Å². The summed E-state index contributed by atoms with van der Waals surface area (Å²) < 4.78 is 31.4. The van der Waals surface area contributed by atoms with E-state index in [1.807, 2.05) is 0 Å². The van der Waals surface area contributed by atoms with Crippen LogP contribution in [-0.2, 0) is 23.2 Å². The summed E-state index contributed by atoms with van der Waals surface area (Å²) in [5.41, 5.74) is 6.02. The molecule has 7 nitrogen and oxygen atoms in total. The largest absolute Gasteiger partial charge is 0.429 e. The zero-order chi connectivity index (χ0) is 11.9. The van der Waals surface area contributed by atoms with E-state index in [0.29, 0.717) is 24.4 Å². The van der Waals surface area contributed by atoms with Gasteiger partial charge in [0.2, 0.25) is 0 Å². The van der Waals surface area contributed by atoms with Gasteiger partial charge in [-0.3, -0.25) is 0 Å². The van der Waals surface area contributed by atoms with Crippen LogP contribution in [0.3, 0.4) is 0 Å². The third-order valence-corrected chi connectivity index (χ3v) is 4.38. The number of aromatic nitrogens is 1. The Morgan fingerprint density at radius 1 is 1.50 bits per heavy atom. The number of hydrogen-bond donors (Lipinski definition) is 1. The second-order valence-corrected chi connectivity index (χ2v) is 5.94. The zero-order valence-electron chi connectivity index (χ0n) is 9.17. The van der Waals surface area contributed by atoms with Crippen LogP contribution in [0.2, 0.25) is 0 Å². The Bertz CT molecular complexity index is 493. The highest BCUT2D eigenvalue weighted by Gasteiger charge is 2.31. The summed E-state index contributed by atoms with van der Waals surface area (Å²) >= 11 is 0. The molecule has 0 aromatic carbocycles. The van der Waals surface area contributed by atoms with E-state index in [0.717, 1.165) is 0 Å². The summed E-state index contributed by atoms with van der Waals surface area (Å²) in [4.78, 5) is 3.96. The van der Waals surface area contributed by atoms with Crippen LogP contribution in [-0.4, -0.2) is 42.7 Å². The molecule has 1 aliphatic rings. The first kappa shape index (κ1) is 11.4. The lowest BCUT2D eigenvalue weighted by molar-refractivity contribution is 0.339.